The van der Waals surface area contributed by atoms with Crippen LogP contribution in [0, 0.1) is 12.7 Å². The summed E-state index contributed by atoms with van der Waals surface area (Å²) in [6.45, 7) is 2.48. The number of hydrogen-bond acceptors (Lipinski definition) is 2. The maximum absolute atomic E-state index is 13.4. The fraction of sp³-hybridized carbons (Fsp3) is 0.235. The van der Waals surface area contributed by atoms with E-state index >= 15 is 0 Å². The summed E-state index contributed by atoms with van der Waals surface area (Å²) >= 11 is 1.52. The van der Waals surface area contributed by atoms with E-state index in [0.29, 0.717) is 24.3 Å². The summed E-state index contributed by atoms with van der Waals surface area (Å²) in [5, 5.41) is 2.82. The van der Waals surface area contributed by atoms with E-state index in [4.69, 9.17) is 0 Å². The molecular formula is C17H18FNOS. The Balaban J connectivity index is 1.73. The van der Waals surface area contributed by atoms with E-state index in [1.165, 1.54) is 23.4 Å². The molecule has 2 aromatic carbocycles. The van der Waals surface area contributed by atoms with Crippen LogP contribution in [0.25, 0.3) is 0 Å². The summed E-state index contributed by atoms with van der Waals surface area (Å²) in [4.78, 5) is 12.9. The number of carbonyl (C=O) groups excluding carboxylic acids is 1. The van der Waals surface area contributed by atoms with Crippen molar-refractivity contribution in [3.05, 3.63) is 65.5 Å². The zero-order valence-electron chi connectivity index (χ0n) is 11.9. The maximum atomic E-state index is 13.4. The van der Waals surface area contributed by atoms with E-state index in [1.54, 1.807) is 18.2 Å². The van der Waals surface area contributed by atoms with E-state index in [2.05, 4.69) is 5.32 Å². The summed E-state index contributed by atoms with van der Waals surface area (Å²) in [5.41, 5.74) is 1.80. The van der Waals surface area contributed by atoms with Crippen molar-refractivity contribution in [1.29, 1.82) is 0 Å². The Morgan fingerprint density at radius 1 is 1.14 bits per heavy atom. The van der Waals surface area contributed by atoms with E-state index in [0.717, 1.165) is 4.90 Å². The molecule has 0 aromatic heterocycles. The fourth-order valence-electron chi connectivity index (χ4n) is 1.95. The number of benzene rings is 2. The molecule has 0 fully saturated rings. The molecule has 4 heteroatoms. The molecule has 2 nitrogen and oxygen atoms in total. The second kappa shape index (κ2) is 7.84. The van der Waals surface area contributed by atoms with Crippen molar-refractivity contribution in [2.24, 2.45) is 0 Å². The van der Waals surface area contributed by atoms with Crippen LogP contribution < -0.4 is 5.32 Å². The second-order valence-corrected chi connectivity index (χ2v) is 5.76. The lowest BCUT2D eigenvalue weighted by molar-refractivity contribution is -0.118. The molecule has 0 atom stereocenters. The normalized spacial score (nSPS) is 10.4. The third-order valence-electron chi connectivity index (χ3n) is 3.13. The molecule has 0 aliphatic rings. The minimum absolute atomic E-state index is 0.0282. The van der Waals surface area contributed by atoms with Crippen LogP contribution in [-0.2, 0) is 11.2 Å². The molecule has 0 unspecified atom stereocenters. The minimum atomic E-state index is -0.221. The number of aryl methyl sites for hydroxylation is 1. The van der Waals surface area contributed by atoms with Gasteiger partial charge in [-0.2, -0.15) is 0 Å². The van der Waals surface area contributed by atoms with Gasteiger partial charge in [0.1, 0.15) is 5.82 Å². The zero-order chi connectivity index (χ0) is 15.1. The van der Waals surface area contributed by atoms with Gasteiger partial charge in [0.2, 0.25) is 5.91 Å². The van der Waals surface area contributed by atoms with Gasteiger partial charge in [-0.3, -0.25) is 4.79 Å². The standard InChI is InChI=1S/C17H18FNOS/c1-13-6-2-5-9-16(13)21-12-17(20)19-11-10-14-7-3-4-8-15(14)18/h2-9H,10-12H2,1H3,(H,19,20). The predicted molar refractivity (Wildman–Crippen MR) is 85.0 cm³/mol. The van der Waals surface area contributed by atoms with Gasteiger partial charge in [-0.1, -0.05) is 36.4 Å². The number of amides is 1. The van der Waals surface area contributed by atoms with Crippen molar-refractivity contribution in [1.82, 2.24) is 5.32 Å². The van der Waals surface area contributed by atoms with Gasteiger partial charge in [-0.15, -0.1) is 11.8 Å². The molecule has 0 heterocycles. The first-order valence-corrected chi connectivity index (χ1v) is 7.84. The summed E-state index contributed by atoms with van der Waals surface area (Å²) in [6.07, 6.45) is 0.507. The molecule has 0 aliphatic carbocycles. The lowest BCUT2D eigenvalue weighted by Crippen LogP contribution is -2.27. The Bertz CT molecular complexity index is 615. The van der Waals surface area contributed by atoms with Crippen LogP contribution in [-0.4, -0.2) is 18.2 Å². The van der Waals surface area contributed by atoms with Gasteiger partial charge >= 0.3 is 0 Å². The first kappa shape index (κ1) is 15.6. The third-order valence-corrected chi connectivity index (χ3v) is 4.30. The highest BCUT2D eigenvalue weighted by molar-refractivity contribution is 8.00. The first-order valence-electron chi connectivity index (χ1n) is 6.85. The highest BCUT2D eigenvalue weighted by Crippen LogP contribution is 2.21. The SMILES string of the molecule is Cc1ccccc1SCC(=O)NCCc1ccccc1F. The van der Waals surface area contributed by atoms with E-state index in [-0.39, 0.29) is 11.7 Å². The van der Waals surface area contributed by atoms with Gasteiger partial charge in [-0.25, -0.2) is 4.39 Å². The van der Waals surface area contributed by atoms with Crippen molar-refractivity contribution < 1.29 is 9.18 Å². The summed E-state index contributed by atoms with van der Waals surface area (Å²) in [6, 6.07) is 14.6. The van der Waals surface area contributed by atoms with Crippen LogP contribution in [0.5, 0.6) is 0 Å². The van der Waals surface area contributed by atoms with Crippen LogP contribution in [0.4, 0.5) is 4.39 Å². The maximum Gasteiger partial charge on any atom is 0.230 e. The second-order valence-electron chi connectivity index (χ2n) is 4.75. The molecule has 2 rings (SSSR count). The number of nitrogens with one attached hydrogen (secondary N) is 1. The third kappa shape index (κ3) is 4.90. The molecular weight excluding hydrogens is 285 g/mol. The van der Waals surface area contributed by atoms with Crippen molar-refractivity contribution in [3.63, 3.8) is 0 Å². The molecule has 110 valence electrons. The molecule has 0 aliphatic heterocycles. The Kier molecular flexibility index (Phi) is 5.81. The Hall–Kier alpha value is -1.81. The summed E-state index contributed by atoms with van der Waals surface area (Å²) in [5.74, 6) is 0.128. The van der Waals surface area contributed by atoms with Gasteiger partial charge in [0, 0.05) is 11.4 Å². The molecule has 21 heavy (non-hydrogen) atoms. The molecule has 0 saturated heterocycles. The molecule has 0 radical (unpaired) electrons. The summed E-state index contributed by atoms with van der Waals surface area (Å²) < 4.78 is 13.4. The lowest BCUT2D eigenvalue weighted by atomic mass is 10.1. The molecule has 2 aromatic rings. The first-order chi connectivity index (χ1) is 10.2. The van der Waals surface area contributed by atoms with Gasteiger partial charge in [-0.05, 0) is 36.6 Å². The molecule has 1 amide bonds. The number of hydrogen-bond donors (Lipinski definition) is 1. The molecule has 0 spiro atoms. The van der Waals surface area contributed by atoms with Gasteiger partial charge in [0.15, 0.2) is 0 Å². The molecule has 1 N–H and O–H groups in total. The Labute approximate surface area is 128 Å². The average molecular weight is 303 g/mol. The largest absolute Gasteiger partial charge is 0.355 e. The van der Waals surface area contributed by atoms with Gasteiger partial charge in [0.05, 0.1) is 5.75 Å². The zero-order valence-corrected chi connectivity index (χ0v) is 12.8. The van der Waals surface area contributed by atoms with Crippen molar-refractivity contribution in [3.8, 4) is 0 Å². The van der Waals surface area contributed by atoms with Crippen molar-refractivity contribution >= 4 is 17.7 Å². The Morgan fingerprint density at radius 2 is 1.86 bits per heavy atom. The summed E-state index contributed by atoms with van der Waals surface area (Å²) in [7, 11) is 0. The predicted octanol–water partition coefficient (Wildman–Crippen LogP) is 3.59. The topological polar surface area (TPSA) is 29.1 Å². The number of carbonyl (C=O) groups is 1. The molecule has 0 saturated carbocycles. The fourth-order valence-corrected chi connectivity index (χ4v) is 2.81. The van der Waals surface area contributed by atoms with Crippen molar-refractivity contribution in [2.75, 3.05) is 12.3 Å². The molecule has 0 bridgehead atoms. The van der Waals surface area contributed by atoms with Gasteiger partial charge < -0.3 is 5.32 Å². The van der Waals surface area contributed by atoms with E-state index in [9.17, 15) is 9.18 Å². The average Bonchev–Trinajstić information content (AvgIpc) is 2.48. The number of thioether (sulfide) groups is 1. The van der Waals surface area contributed by atoms with Gasteiger partial charge in [0.25, 0.3) is 0 Å². The van der Waals surface area contributed by atoms with E-state index < -0.39 is 0 Å². The van der Waals surface area contributed by atoms with E-state index in [1.807, 2.05) is 31.2 Å². The van der Waals surface area contributed by atoms with Crippen LogP contribution >= 0.6 is 11.8 Å². The monoisotopic (exact) mass is 303 g/mol. The number of rotatable bonds is 6. The van der Waals surface area contributed by atoms with Crippen LogP contribution in [0.2, 0.25) is 0 Å². The van der Waals surface area contributed by atoms with Crippen LogP contribution in [0.3, 0.4) is 0 Å². The Morgan fingerprint density at radius 3 is 2.62 bits per heavy atom. The van der Waals surface area contributed by atoms with Crippen LogP contribution in [0.1, 0.15) is 11.1 Å². The number of halogens is 1. The lowest BCUT2D eigenvalue weighted by Gasteiger charge is -2.07. The van der Waals surface area contributed by atoms with Crippen molar-refractivity contribution in [2.45, 2.75) is 18.2 Å². The highest BCUT2D eigenvalue weighted by Gasteiger charge is 2.05. The van der Waals surface area contributed by atoms with Crippen LogP contribution in [0.15, 0.2) is 53.4 Å². The highest BCUT2D eigenvalue weighted by atomic mass is 32.2. The smallest absolute Gasteiger partial charge is 0.230 e. The minimum Gasteiger partial charge on any atom is -0.355 e. The quantitative estimate of drug-likeness (QED) is 0.826.